The molecule has 132 valence electrons. The second-order valence-electron chi connectivity index (χ2n) is 6.07. The fourth-order valence-corrected chi connectivity index (χ4v) is 2.43. The van der Waals surface area contributed by atoms with Crippen molar-refractivity contribution in [3.8, 4) is 0 Å². The molecule has 1 unspecified atom stereocenters. The zero-order valence-corrected chi connectivity index (χ0v) is 17.4. The van der Waals surface area contributed by atoms with Crippen LogP contribution in [0.3, 0.4) is 0 Å². The van der Waals surface area contributed by atoms with Gasteiger partial charge < -0.3 is 15.2 Å². The molecule has 1 heterocycles. The van der Waals surface area contributed by atoms with Gasteiger partial charge in [0.15, 0.2) is 5.96 Å². The molecular formula is C19H29IN4. The molecular weight excluding hydrogens is 411 g/mol. The number of aromatic nitrogens is 1. The Bertz CT molecular complexity index is 631. The number of hydrogen-bond acceptors (Lipinski definition) is 1. The van der Waals surface area contributed by atoms with E-state index in [4.69, 9.17) is 0 Å². The Labute approximate surface area is 162 Å². The molecule has 0 aliphatic heterocycles. The van der Waals surface area contributed by atoms with Gasteiger partial charge in [0.05, 0.1) is 6.54 Å². The highest BCUT2D eigenvalue weighted by molar-refractivity contribution is 14.0. The standard InChI is InChI=1S/C19H28N4.HI/c1-5-20-19(22-13-17-10-11-23(4)14-17)21-12-16(3)18-8-6-15(2)7-9-18;/h6-11,14,16H,5,12-13H2,1-4H3,(H2,20,21,22);1H. The average Bonchev–Trinajstić information content (AvgIpc) is 2.96. The third-order valence-corrected chi connectivity index (χ3v) is 3.88. The molecule has 5 heteroatoms. The number of benzene rings is 1. The first-order valence-electron chi connectivity index (χ1n) is 8.28. The Morgan fingerprint density at radius 3 is 2.46 bits per heavy atom. The lowest BCUT2D eigenvalue weighted by atomic mass is 10.0. The maximum absolute atomic E-state index is 4.66. The molecule has 2 aromatic rings. The molecule has 0 radical (unpaired) electrons. The van der Waals surface area contributed by atoms with Crippen molar-refractivity contribution in [2.45, 2.75) is 33.2 Å². The average molecular weight is 440 g/mol. The number of hydrogen-bond donors (Lipinski definition) is 2. The topological polar surface area (TPSA) is 41.4 Å². The summed E-state index contributed by atoms with van der Waals surface area (Å²) in [7, 11) is 2.03. The van der Waals surface area contributed by atoms with Crippen molar-refractivity contribution in [3.63, 3.8) is 0 Å². The van der Waals surface area contributed by atoms with E-state index < -0.39 is 0 Å². The summed E-state index contributed by atoms with van der Waals surface area (Å²) in [6.45, 7) is 8.85. The van der Waals surface area contributed by atoms with E-state index in [1.165, 1.54) is 16.7 Å². The van der Waals surface area contributed by atoms with Crippen LogP contribution in [0.25, 0.3) is 0 Å². The molecule has 2 N–H and O–H groups in total. The molecule has 0 bridgehead atoms. The highest BCUT2D eigenvalue weighted by Crippen LogP contribution is 2.14. The zero-order valence-electron chi connectivity index (χ0n) is 15.0. The molecule has 24 heavy (non-hydrogen) atoms. The highest BCUT2D eigenvalue weighted by Gasteiger charge is 2.06. The predicted molar refractivity (Wildman–Crippen MR) is 113 cm³/mol. The second kappa shape index (κ2) is 10.4. The van der Waals surface area contributed by atoms with E-state index in [0.29, 0.717) is 12.5 Å². The van der Waals surface area contributed by atoms with Gasteiger partial charge in [0.1, 0.15) is 0 Å². The summed E-state index contributed by atoms with van der Waals surface area (Å²) in [6.07, 6.45) is 4.15. The largest absolute Gasteiger partial charge is 0.357 e. The number of aliphatic imine (C=N–C) groups is 1. The Morgan fingerprint density at radius 2 is 1.88 bits per heavy atom. The van der Waals surface area contributed by atoms with Gasteiger partial charge >= 0.3 is 0 Å². The number of nitrogens with zero attached hydrogens (tertiary/aromatic N) is 2. The smallest absolute Gasteiger partial charge is 0.191 e. The van der Waals surface area contributed by atoms with Crippen LogP contribution in [-0.2, 0) is 13.6 Å². The monoisotopic (exact) mass is 440 g/mol. The van der Waals surface area contributed by atoms with Gasteiger partial charge in [-0.1, -0.05) is 36.8 Å². The van der Waals surface area contributed by atoms with Gasteiger partial charge in [-0.3, -0.25) is 0 Å². The van der Waals surface area contributed by atoms with Crippen LogP contribution >= 0.6 is 24.0 Å². The van der Waals surface area contributed by atoms with Crippen molar-refractivity contribution in [2.75, 3.05) is 13.1 Å². The van der Waals surface area contributed by atoms with Gasteiger partial charge in [0.2, 0.25) is 0 Å². The van der Waals surface area contributed by atoms with E-state index in [1.807, 2.05) is 17.8 Å². The molecule has 4 nitrogen and oxygen atoms in total. The maximum Gasteiger partial charge on any atom is 0.191 e. The van der Waals surface area contributed by atoms with E-state index in [9.17, 15) is 0 Å². The lowest BCUT2D eigenvalue weighted by molar-refractivity contribution is 0.699. The fourth-order valence-electron chi connectivity index (χ4n) is 2.43. The summed E-state index contributed by atoms with van der Waals surface area (Å²) < 4.78 is 2.05. The van der Waals surface area contributed by atoms with Gasteiger partial charge in [-0.2, -0.15) is 0 Å². The zero-order chi connectivity index (χ0) is 16.7. The van der Waals surface area contributed by atoms with Crippen LogP contribution in [0.15, 0.2) is 47.7 Å². The van der Waals surface area contributed by atoms with E-state index in [0.717, 1.165) is 19.0 Å². The molecule has 0 aliphatic rings. The molecule has 0 spiro atoms. The number of aryl methyl sites for hydroxylation is 2. The minimum Gasteiger partial charge on any atom is -0.357 e. The van der Waals surface area contributed by atoms with Crippen molar-refractivity contribution in [1.82, 2.24) is 15.2 Å². The van der Waals surface area contributed by atoms with Gasteiger partial charge in [-0.25, -0.2) is 4.99 Å². The number of halogens is 1. The Morgan fingerprint density at radius 1 is 1.17 bits per heavy atom. The summed E-state index contributed by atoms with van der Waals surface area (Å²) >= 11 is 0. The van der Waals surface area contributed by atoms with Gasteiger partial charge in [0, 0.05) is 32.5 Å². The number of nitrogens with one attached hydrogen (secondary N) is 2. The first-order valence-corrected chi connectivity index (χ1v) is 8.28. The van der Waals surface area contributed by atoms with Gasteiger partial charge in [-0.15, -0.1) is 24.0 Å². The van der Waals surface area contributed by atoms with Crippen LogP contribution in [0, 0.1) is 6.92 Å². The fraction of sp³-hybridized carbons (Fsp3) is 0.421. The van der Waals surface area contributed by atoms with E-state index in [-0.39, 0.29) is 24.0 Å². The SMILES string of the molecule is CCNC(=NCc1ccn(C)c1)NCC(C)c1ccc(C)cc1.I. The molecule has 1 aromatic heterocycles. The third kappa shape index (κ3) is 6.55. The van der Waals surface area contributed by atoms with Crippen LogP contribution < -0.4 is 10.6 Å². The summed E-state index contributed by atoms with van der Waals surface area (Å²) in [5.74, 6) is 1.31. The first kappa shape index (κ1) is 20.5. The quantitative estimate of drug-likeness (QED) is 0.408. The van der Waals surface area contributed by atoms with Crippen LogP contribution in [-0.4, -0.2) is 23.6 Å². The van der Waals surface area contributed by atoms with Crippen molar-refractivity contribution >= 4 is 29.9 Å². The van der Waals surface area contributed by atoms with Crippen molar-refractivity contribution in [1.29, 1.82) is 0 Å². The van der Waals surface area contributed by atoms with E-state index in [1.54, 1.807) is 0 Å². The minimum atomic E-state index is 0. The van der Waals surface area contributed by atoms with Crippen LogP contribution in [0.5, 0.6) is 0 Å². The van der Waals surface area contributed by atoms with Crippen LogP contribution in [0.1, 0.15) is 36.5 Å². The Hall–Kier alpha value is -1.50. The summed E-state index contributed by atoms with van der Waals surface area (Å²) in [5, 5.41) is 6.75. The molecule has 0 aliphatic carbocycles. The van der Waals surface area contributed by atoms with E-state index >= 15 is 0 Å². The first-order chi connectivity index (χ1) is 11.1. The summed E-state index contributed by atoms with van der Waals surface area (Å²) in [6, 6.07) is 10.8. The molecule has 0 amide bonds. The van der Waals surface area contributed by atoms with E-state index in [2.05, 4.69) is 72.9 Å². The predicted octanol–water partition coefficient (Wildman–Crippen LogP) is 3.81. The maximum atomic E-state index is 4.66. The molecule has 0 saturated heterocycles. The molecule has 1 atom stereocenters. The van der Waals surface area contributed by atoms with Crippen molar-refractivity contribution < 1.29 is 0 Å². The van der Waals surface area contributed by atoms with Gasteiger partial charge in [-0.05, 0) is 37.0 Å². The molecule has 0 saturated carbocycles. The number of rotatable bonds is 6. The molecule has 1 aromatic carbocycles. The molecule has 2 rings (SSSR count). The summed E-state index contributed by atoms with van der Waals surface area (Å²) in [4.78, 5) is 4.66. The number of guanidine groups is 1. The normalized spacial score (nSPS) is 12.4. The minimum absolute atomic E-state index is 0. The van der Waals surface area contributed by atoms with Crippen molar-refractivity contribution in [3.05, 3.63) is 59.4 Å². The summed E-state index contributed by atoms with van der Waals surface area (Å²) in [5.41, 5.74) is 3.87. The van der Waals surface area contributed by atoms with Crippen LogP contribution in [0.4, 0.5) is 0 Å². The highest BCUT2D eigenvalue weighted by atomic mass is 127. The lowest BCUT2D eigenvalue weighted by Gasteiger charge is -2.16. The third-order valence-electron chi connectivity index (χ3n) is 3.88. The van der Waals surface area contributed by atoms with Crippen molar-refractivity contribution in [2.24, 2.45) is 12.0 Å². The Balaban J connectivity index is 0.00000288. The lowest BCUT2D eigenvalue weighted by Crippen LogP contribution is -2.39. The van der Waals surface area contributed by atoms with Gasteiger partial charge in [0.25, 0.3) is 0 Å². The van der Waals surface area contributed by atoms with Crippen LogP contribution in [0.2, 0.25) is 0 Å². The second-order valence-corrected chi connectivity index (χ2v) is 6.07. The molecule has 0 fully saturated rings. The Kier molecular flexibility index (Phi) is 8.89.